The fourth-order valence-electron chi connectivity index (χ4n) is 1.86. The average molecular weight is 224 g/mol. The molecule has 15 heavy (non-hydrogen) atoms. The van der Waals surface area contributed by atoms with Gasteiger partial charge in [0.15, 0.2) is 5.16 Å². The molecule has 1 atom stereocenters. The number of Topliss-reactive ketones (excluding diaryl/α,β-unsaturated/α-hetero) is 1. The van der Waals surface area contributed by atoms with Crippen molar-refractivity contribution in [3.05, 3.63) is 12.4 Å². The van der Waals surface area contributed by atoms with Gasteiger partial charge in [-0.3, -0.25) is 4.79 Å². The number of carbonyl (C=O) groups excluding carboxylic acids is 1. The topological polar surface area (TPSA) is 45.8 Å². The van der Waals surface area contributed by atoms with Crippen molar-refractivity contribution in [2.24, 2.45) is 5.41 Å². The fourth-order valence-corrected chi connectivity index (χ4v) is 3.09. The molecule has 3 nitrogen and oxygen atoms in total. The Kier molecular flexibility index (Phi) is 2.87. The van der Waals surface area contributed by atoms with Gasteiger partial charge in [0, 0.05) is 30.5 Å². The molecule has 1 unspecified atom stereocenters. The summed E-state index contributed by atoms with van der Waals surface area (Å²) in [7, 11) is 0. The van der Waals surface area contributed by atoms with Crippen LogP contribution in [-0.2, 0) is 4.79 Å². The van der Waals surface area contributed by atoms with Crippen LogP contribution in [0.2, 0.25) is 0 Å². The first-order chi connectivity index (χ1) is 7.08. The highest BCUT2D eigenvalue weighted by molar-refractivity contribution is 7.99. The van der Waals surface area contributed by atoms with Crippen LogP contribution in [0.1, 0.15) is 33.1 Å². The number of aromatic nitrogens is 2. The Labute approximate surface area is 94.1 Å². The van der Waals surface area contributed by atoms with E-state index in [9.17, 15) is 4.79 Å². The summed E-state index contributed by atoms with van der Waals surface area (Å²) < 4.78 is 0. The highest BCUT2D eigenvalue weighted by Crippen LogP contribution is 2.43. The Morgan fingerprint density at radius 3 is 3.07 bits per heavy atom. The van der Waals surface area contributed by atoms with Crippen molar-refractivity contribution in [3.8, 4) is 0 Å². The molecule has 1 heterocycles. The number of rotatable bonds is 2. The second kappa shape index (κ2) is 4.00. The maximum absolute atomic E-state index is 11.4. The minimum absolute atomic E-state index is 0.228. The summed E-state index contributed by atoms with van der Waals surface area (Å²) in [5.74, 6) is 0.387. The van der Waals surface area contributed by atoms with Gasteiger partial charge in [-0.05, 0) is 11.8 Å². The van der Waals surface area contributed by atoms with Crippen LogP contribution in [0.4, 0.5) is 0 Å². The van der Waals surface area contributed by atoms with Crippen molar-refractivity contribution in [1.82, 2.24) is 9.97 Å². The first-order valence-electron chi connectivity index (χ1n) is 5.26. The maximum atomic E-state index is 11.4. The number of imidazole rings is 1. The van der Waals surface area contributed by atoms with Gasteiger partial charge in [0.25, 0.3) is 0 Å². The molecule has 0 saturated heterocycles. The monoisotopic (exact) mass is 224 g/mol. The third-order valence-corrected chi connectivity index (χ3v) is 4.60. The lowest BCUT2D eigenvalue weighted by Gasteiger charge is -2.36. The molecule has 0 aliphatic heterocycles. The summed E-state index contributed by atoms with van der Waals surface area (Å²) in [5.41, 5.74) is 0.228. The van der Waals surface area contributed by atoms with E-state index in [0.717, 1.165) is 18.0 Å². The van der Waals surface area contributed by atoms with Crippen LogP contribution in [0.15, 0.2) is 17.6 Å². The van der Waals surface area contributed by atoms with Crippen molar-refractivity contribution in [3.63, 3.8) is 0 Å². The molecule has 1 aromatic heterocycles. The molecular weight excluding hydrogens is 208 g/mol. The highest BCUT2D eigenvalue weighted by atomic mass is 32.2. The molecule has 1 aliphatic rings. The van der Waals surface area contributed by atoms with Gasteiger partial charge >= 0.3 is 0 Å². The molecule has 2 rings (SSSR count). The summed E-state index contributed by atoms with van der Waals surface area (Å²) in [4.78, 5) is 18.7. The van der Waals surface area contributed by atoms with E-state index in [0.29, 0.717) is 17.5 Å². The van der Waals surface area contributed by atoms with Gasteiger partial charge in [-0.15, -0.1) is 0 Å². The maximum Gasteiger partial charge on any atom is 0.165 e. The van der Waals surface area contributed by atoms with E-state index < -0.39 is 0 Å². The minimum atomic E-state index is 0.228. The molecule has 0 amide bonds. The molecule has 0 spiro atoms. The predicted molar refractivity (Wildman–Crippen MR) is 60.9 cm³/mol. The first-order valence-corrected chi connectivity index (χ1v) is 6.14. The Bertz CT molecular complexity index is 345. The zero-order chi connectivity index (χ0) is 10.9. The molecule has 1 saturated carbocycles. The highest BCUT2D eigenvalue weighted by Gasteiger charge is 2.36. The van der Waals surface area contributed by atoms with Gasteiger partial charge in [0.2, 0.25) is 0 Å². The minimum Gasteiger partial charge on any atom is -0.340 e. The normalized spacial score (nSPS) is 25.5. The molecule has 1 fully saturated rings. The van der Waals surface area contributed by atoms with Crippen molar-refractivity contribution < 1.29 is 4.79 Å². The van der Waals surface area contributed by atoms with E-state index >= 15 is 0 Å². The lowest BCUT2D eigenvalue weighted by molar-refractivity contribution is -0.121. The second-order valence-electron chi connectivity index (χ2n) is 4.73. The smallest absolute Gasteiger partial charge is 0.165 e. The number of hydrogen-bond donors (Lipinski definition) is 1. The SMILES string of the molecule is CC1(C)CCC(=O)CC1Sc1ncc[nH]1. The number of carbonyl (C=O) groups is 1. The average Bonchev–Trinajstić information content (AvgIpc) is 2.65. The van der Waals surface area contributed by atoms with E-state index in [1.807, 2.05) is 6.20 Å². The van der Waals surface area contributed by atoms with Crippen LogP contribution < -0.4 is 0 Å². The van der Waals surface area contributed by atoms with Gasteiger partial charge in [-0.1, -0.05) is 25.6 Å². The predicted octanol–water partition coefficient (Wildman–Crippen LogP) is 2.65. The van der Waals surface area contributed by atoms with Crippen LogP contribution in [0, 0.1) is 5.41 Å². The molecule has 82 valence electrons. The summed E-state index contributed by atoms with van der Waals surface area (Å²) in [6.45, 7) is 4.47. The van der Waals surface area contributed by atoms with Crippen LogP contribution in [0.3, 0.4) is 0 Å². The van der Waals surface area contributed by atoms with Crippen molar-refractivity contribution in [1.29, 1.82) is 0 Å². The summed E-state index contributed by atoms with van der Waals surface area (Å²) >= 11 is 1.69. The Hall–Kier alpha value is -0.770. The lowest BCUT2D eigenvalue weighted by Crippen LogP contribution is -2.34. The number of nitrogens with one attached hydrogen (secondary N) is 1. The first kappa shape index (κ1) is 10.7. The molecule has 1 N–H and O–H groups in total. The van der Waals surface area contributed by atoms with Crippen LogP contribution in [0.25, 0.3) is 0 Å². The third kappa shape index (κ3) is 2.43. The van der Waals surface area contributed by atoms with E-state index in [1.54, 1.807) is 18.0 Å². The summed E-state index contributed by atoms with van der Waals surface area (Å²) in [6, 6.07) is 0. The number of hydrogen-bond acceptors (Lipinski definition) is 3. The quantitative estimate of drug-likeness (QED) is 0.840. The fraction of sp³-hybridized carbons (Fsp3) is 0.636. The van der Waals surface area contributed by atoms with Crippen molar-refractivity contribution in [2.45, 2.75) is 43.5 Å². The van der Waals surface area contributed by atoms with Gasteiger partial charge in [-0.25, -0.2) is 4.98 Å². The Morgan fingerprint density at radius 2 is 2.40 bits per heavy atom. The van der Waals surface area contributed by atoms with Crippen LogP contribution in [-0.4, -0.2) is 21.0 Å². The van der Waals surface area contributed by atoms with E-state index in [-0.39, 0.29) is 5.41 Å². The van der Waals surface area contributed by atoms with E-state index in [4.69, 9.17) is 0 Å². The molecule has 1 aliphatic carbocycles. The number of thioether (sulfide) groups is 1. The zero-order valence-corrected chi connectivity index (χ0v) is 9.93. The standard InChI is InChI=1S/C11H16N2OS/c1-11(2)4-3-8(14)7-9(11)15-10-12-5-6-13-10/h5-6,9H,3-4,7H2,1-2H3,(H,12,13). The van der Waals surface area contributed by atoms with Gasteiger partial charge < -0.3 is 4.98 Å². The zero-order valence-electron chi connectivity index (χ0n) is 9.12. The summed E-state index contributed by atoms with van der Waals surface area (Å²) in [5, 5.41) is 1.27. The molecule has 4 heteroatoms. The van der Waals surface area contributed by atoms with Crippen molar-refractivity contribution >= 4 is 17.5 Å². The van der Waals surface area contributed by atoms with Gasteiger partial charge in [0.05, 0.1) is 0 Å². The molecule has 0 aromatic carbocycles. The Morgan fingerprint density at radius 1 is 1.60 bits per heavy atom. The van der Waals surface area contributed by atoms with E-state index in [1.165, 1.54) is 0 Å². The Balaban J connectivity index is 2.08. The molecule has 0 bridgehead atoms. The van der Waals surface area contributed by atoms with Crippen LogP contribution in [0.5, 0.6) is 0 Å². The molecule has 1 aromatic rings. The number of ketones is 1. The van der Waals surface area contributed by atoms with Crippen LogP contribution >= 0.6 is 11.8 Å². The number of nitrogens with zero attached hydrogens (tertiary/aromatic N) is 1. The molecule has 0 radical (unpaired) electrons. The van der Waals surface area contributed by atoms with Crippen molar-refractivity contribution in [2.75, 3.05) is 0 Å². The number of aromatic amines is 1. The second-order valence-corrected chi connectivity index (χ2v) is 5.92. The largest absolute Gasteiger partial charge is 0.340 e. The van der Waals surface area contributed by atoms with E-state index in [2.05, 4.69) is 23.8 Å². The third-order valence-electron chi connectivity index (χ3n) is 3.06. The summed E-state index contributed by atoms with van der Waals surface area (Å²) in [6.07, 6.45) is 5.98. The number of H-pyrrole nitrogens is 1. The van der Waals surface area contributed by atoms with Gasteiger partial charge in [-0.2, -0.15) is 0 Å². The van der Waals surface area contributed by atoms with Gasteiger partial charge in [0.1, 0.15) is 5.78 Å². The molecular formula is C11H16N2OS. The lowest BCUT2D eigenvalue weighted by atomic mass is 9.76.